The minimum atomic E-state index is -0.567. The second-order valence-electron chi connectivity index (χ2n) is 5.50. The molecule has 0 aromatic carbocycles. The fraction of sp³-hybridized carbons (Fsp3) is 1.00. The zero-order valence-electron chi connectivity index (χ0n) is 11.0. The third-order valence-electron chi connectivity index (χ3n) is 3.62. The molecule has 0 heterocycles. The van der Waals surface area contributed by atoms with E-state index in [1.165, 1.54) is 32.1 Å². The van der Waals surface area contributed by atoms with Crippen molar-refractivity contribution in [1.82, 2.24) is 5.32 Å². The third kappa shape index (κ3) is 5.07. The predicted molar refractivity (Wildman–Crippen MR) is 73.0 cm³/mol. The molecule has 0 unspecified atom stereocenters. The fourth-order valence-corrected chi connectivity index (χ4v) is 3.27. The first-order chi connectivity index (χ1) is 7.55. The summed E-state index contributed by atoms with van der Waals surface area (Å²) in [6.45, 7) is 4.90. The van der Waals surface area contributed by atoms with E-state index < -0.39 is 5.60 Å². The van der Waals surface area contributed by atoms with Crippen molar-refractivity contribution in [3.63, 3.8) is 0 Å². The highest BCUT2D eigenvalue weighted by atomic mass is 32.2. The Labute approximate surface area is 105 Å². The molecule has 0 spiro atoms. The number of hydrogen-bond donors (Lipinski definition) is 2. The molecule has 3 heteroatoms. The van der Waals surface area contributed by atoms with Crippen molar-refractivity contribution in [3.8, 4) is 0 Å². The standard InChI is InChI=1S/C13H27NOS/c1-11(12-7-5-4-6-8-12)14-9-13(2,15)10-16-3/h11-12,14-15H,4-10H2,1-3H3/t11-,13-/m0/s1. The molecule has 0 bridgehead atoms. The summed E-state index contributed by atoms with van der Waals surface area (Å²) in [6.07, 6.45) is 8.94. The number of thioether (sulfide) groups is 1. The molecule has 1 aliphatic carbocycles. The molecule has 1 fully saturated rings. The minimum absolute atomic E-state index is 0.550. The van der Waals surface area contributed by atoms with Crippen LogP contribution in [0.15, 0.2) is 0 Å². The predicted octanol–water partition coefficient (Wildman–Crippen LogP) is 2.66. The van der Waals surface area contributed by atoms with E-state index in [1.54, 1.807) is 11.8 Å². The Morgan fingerprint density at radius 1 is 1.38 bits per heavy atom. The Kier molecular flexibility index (Phi) is 6.16. The molecule has 1 rings (SSSR count). The Balaban J connectivity index is 2.25. The first kappa shape index (κ1) is 14.3. The second-order valence-corrected chi connectivity index (χ2v) is 6.36. The topological polar surface area (TPSA) is 32.3 Å². The quantitative estimate of drug-likeness (QED) is 0.754. The molecule has 0 aromatic heterocycles. The molecule has 2 atom stereocenters. The van der Waals surface area contributed by atoms with E-state index in [1.807, 2.05) is 13.2 Å². The molecule has 96 valence electrons. The number of rotatable bonds is 6. The van der Waals surface area contributed by atoms with Gasteiger partial charge in [0.05, 0.1) is 5.60 Å². The van der Waals surface area contributed by atoms with E-state index in [2.05, 4.69) is 12.2 Å². The molecule has 2 N–H and O–H groups in total. The van der Waals surface area contributed by atoms with Gasteiger partial charge in [-0.2, -0.15) is 11.8 Å². The normalized spacial score (nSPS) is 24.0. The van der Waals surface area contributed by atoms with Crippen LogP contribution in [0.5, 0.6) is 0 Å². The molecule has 0 amide bonds. The largest absolute Gasteiger partial charge is 0.388 e. The molecule has 0 aromatic rings. The average Bonchev–Trinajstić information content (AvgIpc) is 2.27. The van der Waals surface area contributed by atoms with Crippen molar-refractivity contribution >= 4 is 11.8 Å². The van der Waals surface area contributed by atoms with Gasteiger partial charge < -0.3 is 10.4 Å². The van der Waals surface area contributed by atoms with Gasteiger partial charge in [0.15, 0.2) is 0 Å². The first-order valence-electron chi connectivity index (χ1n) is 6.50. The summed E-state index contributed by atoms with van der Waals surface area (Å²) in [4.78, 5) is 0. The smallest absolute Gasteiger partial charge is 0.0833 e. The maximum absolute atomic E-state index is 10.1. The van der Waals surface area contributed by atoms with Gasteiger partial charge in [0, 0.05) is 18.3 Å². The highest BCUT2D eigenvalue weighted by Gasteiger charge is 2.24. The Morgan fingerprint density at radius 3 is 2.56 bits per heavy atom. The lowest BCUT2D eigenvalue weighted by atomic mass is 9.84. The SMILES string of the molecule is CSC[C@@](C)(O)CN[C@@H](C)C1CCCCC1. The van der Waals surface area contributed by atoms with E-state index in [0.717, 1.165) is 11.7 Å². The van der Waals surface area contributed by atoms with Crippen LogP contribution >= 0.6 is 11.8 Å². The summed E-state index contributed by atoms with van der Waals surface area (Å²) < 4.78 is 0. The first-order valence-corrected chi connectivity index (χ1v) is 7.89. The highest BCUT2D eigenvalue weighted by Crippen LogP contribution is 2.26. The molecule has 16 heavy (non-hydrogen) atoms. The summed E-state index contributed by atoms with van der Waals surface area (Å²) in [5.74, 6) is 1.62. The Morgan fingerprint density at radius 2 is 2.00 bits per heavy atom. The lowest BCUT2D eigenvalue weighted by Gasteiger charge is -2.31. The number of nitrogens with one attached hydrogen (secondary N) is 1. The van der Waals surface area contributed by atoms with Crippen molar-refractivity contribution in [2.24, 2.45) is 5.92 Å². The lowest BCUT2D eigenvalue weighted by molar-refractivity contribution is 0.0779. The maximum Gasteiger partial charge on any atom is 0.0833 e. The summed E-state index contributed by atoms with van der Waals surface area (Å²) in [7, 11) is 0. The van der Waals surface area contributed by atoms with E-state index in [9.17, 15) is 5.11 Å². The third-order valence-corrected chi connectivity index (χ3v) is 4.53. The minimum Gasteiger partial charge on any atom is -0.388 e. The van der Waals surface area contributed by atoms with Crippen LogP contribution in [0.1, 0.15) is 46.0 Å². The summed E-state index contributed by atoms with van der Waals surface area (Å²) in [6, 6.07) is 0.550. The van der Waals surface area contributed by atoms with Crippen LogP contribution in [0.3, 0.4) is 0 Å². The van der Waals surface area contributed by atoms with E-state index >= 15 is 0 Å². The van der Waals surface area contributed by atoms with E-state index in [0.29, 0.717) is 12.6 Å². The maximum atomic E-state index is 10.1. The molecule has 0 saturated heterocycles. The van der Waals surface area contributed by atoms with Gasteiger partial charge in [-0.1, -0.05) is 19.3 Å². The number of aliphatic hydroxyl groups is 1. The van der Waals surface area contributed by atoms with Crippen LogP contribution in [0, 0.1) is 5.92 Å². The molecular weight excluding hydrogens is 218 g/mol. The van der Waals surface area contributed by atoms with Crippen LogP contribution < -0.4 is 5.32 Å². The van der Waals surface area contributed by atoms with Gasteiger partial charge in [-0.15, -0.1) is 0 Å². The fourth-order valence-electron chi connectivity index (χ4n) is 2.54. The number of hydrogen-bond acceptors (Lipinski definition) is 3. The van der Waals surface area contributed by atoms with Crippen LogP contribution in [0.4, 0.5) is 0 Å². The van der Waals surface area contributed by atoms with Crippen LogP contribution in [0.25, 0.3) is 0 Å². The van der Waals surface area contributed by atoms with Crippen molar-refractivity contribution in [2.75, 3.05) is 18.6 Å². The molecular formula is C13H27NOS. The van der Waals surface area contributed by atoms with Gasteiger partial charge in [-0.3, -0.25) is 0 Å². The van der Waals surface area contributed by atoms with Crippen LogP contribution in [-0.2, 0) is 0 Å². The second kappa shape index (κ2) is 6.87. The molecule has 1 aliphatic rings. The van der Waals surface area contributed by atoms with E-state index in [4.69, 9.17) is 0 Å². The molecule has 2 nitrogen and oxygen atoms in total. The van der Waals surface area contributed by atoms with Gasteiger partial charge >= 0.3 is 0 Å². The summed E-state index contributed by atoms with van der Waals surface area (Å²) >= 11 is 1.71. The van der Waals surface area contributed by atoms with Crippen molar-refractivity contribution in [2.45, 2.75) is 57.6 Å². The van der Waals surface area contributed by atoms with Crippen molar-refractivity contribution < 1.29 is 5.11 Å². The van der Waals surface area contributed by atoms with Crippen LogP contribution in [-0.4, -0.2) is 35.3 Å². The Bertz CT molecular complexity index is 190. The molecule has 1 saturated carbocycles. The van der Waals surface area contributed by atoms with E-state index in [-0.39, 0.29) is 0 Å². The van der Waals surface area contributed by atoms with Gasteiger partial charge in [-0.05, 0) is 38.9 Å². The van der Waals surface area contributed by atoms with Crippen molar-refractivity contribution in [1.29, 1.82) is 0 Å². The zero-order chi connectivity index (χ0) is 12.0. The van der Waals surface area contributed by atoms with Gasteiger partial charge in [-0.25, -0.2) is 0 Å². The van der Waals surface area contributed by atoms with Gasteiger partial charge in [0.2, 0.25) is 0 Å². The molecule has 0 radical (unpaired) electrons. The average molecular weight is 245 g/mol. The monoisotopic (exact) mass is 245 g/mol. The summed E-state index contributed by atoms with van der Waals surface area (Å²) in [5.41, 5.74) is -0.567. The zero-order valence-corrected chi connectivity index (χ0v) is 11.8. The lowest BCUT2D eigenvalue weighted by Crippen LogP contribution is -2.45. The van der Waals surface area contributed by atoms with Crippen LogP contribution in [0.2, 0.25) is 0 Å². The van der Waals surface area contributed by atoms with Gasteiger partial charge in [0.1, 0.15) is 0 Å². The highest BCUT2D eigenvalue weighted by molar-refractivity contribution is 7.98. The van der Waals surface area contributed by atoms with Crippen molar-refractivity contribution in [3.05, 3.63) is 0 Å². The van der Waals surface area contributed by atoms with Gasteiger partial charge in [0.25, 0.3) is 0 Å². The molecule has 0 aliphatic heterocycles. The summed E-state index contributed by atoms with van der Waals surface area (Å²) in [5, 5.41) is 13.6. The Hall–Kier alpha value is 0.270.